The molecule has 4 nitrogen and oxygen atoms in total. The summed E-state index contributed by atoms with van der Waals surface area (Å²) in [6.45, 7) is 4.10. The van der Waals surface area contributed by atoms with Crippen LogP contribution in [0.2, 0.25) is 0 Å². The maximum Gasteiger partial charge on any atom is 0.176 e. The monoisotopic (exact) mass is 226 g/mol. The molecule has 1 aromatic heterocycles. The van der Waals surface area contributed by atoms with Gasteiger partial charge in [0.15, 0.2) is 5.78 Å². The Kier molecular flexibility index (Phi) is 3.45. The number of aryl methyl sites for hydroxylation is 1. The smallest absolute Gasteiger partial charge is 0.176 e. The third kappa shape index (κ3) is 2.84. The van der Waals surface area contributed by atoms with Crippen LogP contribution < -0.4 is 5.32 Å². The Labute approximate surface area is 92.8 Å². The van der Waals surface area contributed by atoms with E-state index in [-0.39, 0.29) is 11.8 Å². The molecule has 1 N–H and O–H groups in total. The molecule has 0 saturated carbocycles. The average Bonchev–Trinajstić information content (AvgIpc) is 2.66. The van der Waals surface area contributed by atoms with Crippen LogP contribution in [0.1, 0.15) is 21.8 Å². The number of ketones is 1. The second-order valence-electron chi connectivity index (χ2n) is 3.69. The van der Waals surface area contributed by atoms with Crippen molar-refractivity contribution in [2.75, 3.05) is 19.8 Å². The first-order valence-electron chi connectivity index (χ1n) is 5.03. The summed E-state index contributed by atoms with van der Waals surface area (Å²) in [6.07, 6.45) is 0.502. The van der Waals surface area contributed by atoms with Crippen molar-refractivity contribution in [1.29, 1.82) is 0 Å². The van der Waals surface area contributed by atoms with Crippen molar-refractivity contribution in [3.8, 4) is 0 Å². The third-order valence-corrected chi connectivity index (χ3v) is 3.25. The normalized spacial score (nSPS) is 21.5. The minimum absolute atomic E-state index is 0.156. The number of rotatable bonds is 3. The molecule has 0 radical (unpaired) electrons. The van der Waals surface area contributed by atoms with E-state index in [1.54, 1.807) is 0 Å². The second-order valence-corrected chi connectivity index (χ2v) is 4.49. The van der Waals surface area contributed by atoms with Gasteiger partial charge in [0.1, 0.15) is 0 Å². The van der Waals surface area contributed by atoms with Crippen molar-refractivity contribution in [3.63, 3.8) is 0 Å². The van der Waals surface area contributed by atoms with Gasteiger partial charge in [-0.25, -0.2) is 0 Å². The minimum atomic E-state index is 0.156. The predicted octanol–water partition coefficient (Wildman–Crippen LogP) is 1.01. The molecule has 2 rings (SSSR count). The summed E-state index contributed by atoms with van der Waals surface area (Å²) in [5, 5.41) is 3.26. The zero-order valence-electron chi connectivity index (χ0n) is 8.66. The molecule has 1 saturated heterocycles. The van der Waals surface area contributed by atoms with Crippen LogP contribution >= 0.6 is 11.5 Å². The molecule has 1 unspecified atom stereocenters. The van der Waals surface area contributed by atoms with Gasteiger partial charge in [-0.1, -0.05) is 0 Å². The molecular weight excluding hydrogens is 212 g/mol. The minimum Gasteiger partial charge on any atom is -0.378 e. The van der Waals surface area contributed by atoms with Gasteiger partial charge < -0.3 is 10.1 Å². The Morgan fingerprint density at radius 2 is 2.67 bits per heavy atom. The lowest BCUT2D eigenvalue weighted by Gasteiger charge is -2.22. The molecule has 0 spiro atoms. The van der Waals surface area contributed by atoms with Gasteiger partial charge in [-0.05, 0) is 24.5 Å². The molecule has 1 fully saturated rings. The summed E-state index contributed by atoms with van der Waals surface area (Å²) in [7, 11) is 0. The Bertz CT molecular complexity index is 345. The Balaban J connectivity index is 1.91. The molecule has 1 aromatic rings. The van der Waals surface area contributed by atoms with Crippen LogP contribution in [0.5, 0.6) is 0 Å². The third-order valence-electron chi connectivity index (χ3n) is 2.33. The van der Waals surface area contributed by atoms with Gasteiger partial charge in [-0.15, -0.1) is 0 Å². The summed E-state index contributed by atoms with van der Waals surface area (Å²) in [5.41, 5.74) is 0.913. The number of ether oxygens (including phenoxy) is 1. The fourth-order valence-corrected chi connectivity index (χ4v) is 2.27. The molecular formula is C10H14N2O2S. The Hall–Kier alpha value is -0.780. The maximum atomic E-state index is 11.8. The van der Waals surface area contributed by atoms with E-state index in [2.05, 4.69) is 9.69 Å². The van der Waals surface area contributed by atoms with Crippen molar-refractivity contribution < 1.29 is 9.53 Å². The van der Waals surface area contributed by atoms with Crippen LogP contribution in [0, 0.1) is 6.92 Å². The SMILES string of the molecule is Cc1cc(C(=O)CC2COCCN2)sn1. The van der Waals surface area contributed by atoms with E-state index in [0.29, 0.717) is 13.0 Å². The molecule has 0 bridgehead atoms. The van der Waals surface area contributed by atoms with Crippen molar-refractivity contribution >= 4 is 17.3 Å². The summed E-state index contributed by atoms with van der Waals surface area (Å²) < 4.78 is 9.40. The fourth-order valence-electron chi connectivity index (χ4n) is 1.57. The highest BCUT2D eigenvalue weighted by molar-refractivity contribution is 7.08. The standard InChI is InChI=1S/C10H14N2O2S/c1-7-4-10(15-12-7)9(13)5-8-6-14-3-2-11-8/h4,8,11H,2-3,5-6H2,1H3. The molecule has 1 aliphatic heterocycles. The summed E-state index contributed by atoms with van der Waals surface area (Å²) >= 11 is 1.28. The number of hydrogen-bond acceptors (Lipinski definition) is 5. The van der Waals surface area contributed by atoms with Crippen molar-refractivity contribution in [2.45, 2.75) is 19.4 Å². The highest BCUT2D eigenvalue weighted by Gasteiger charge is 2.18. The first-order chi connectivity index (χ1) is 7.25. The summed E-state index contributed by atoms with van der Waals surface area (Å²) in [4.78, 5) is 12.6. The van der Waals surface area contributed by atoms with Gasteiger partial charge in [0.05, 0.1) is 23.8 Å². The fraction of sp³-hybridized carbons (Fsp3) is 0.600. The zero-order valence-corrected chi connectivity index (χ0v) is 9.47. The number of nitrogens with one attached hydrogen (secondary N) is 1. The highest BCUT2D eigenvalue weighted by Crippen LogP contribution is 2.13. The van der Waals surface area contributed by atoms with Gasteiger partial charge in [-0.2, -0.15) is 4.37 Å². The lowest BCUT2D eigenvalue weighted by Crippen LogP contribution is -2.42. The highest BCUT2D eigenvalue weighted by atomic mass is 32.1. The first-order valence-corrected chi connectivity index (χ1v) is 5.80. The molecule has 1 atom stereocenters. The number of aromatic nitrogens is 1. The number of Topliss-reactive ketones (excluding diaryl/α,β-unsaturated/α-hetero) is 1. The molecule has 1 aliphatic rings. The van der Waals surface area contributed by atoms with E-state index in [0.717, 1.165) is 23.7 Å². The van der Waals surface area contributed by atoms with Crippen LogP contribution in [-0.4, -0.2) is 36.0 Å². The van der Waals surface area contributed by atoms with Gasteiger partial charge in [0, 0.05) is 19.0 Å². The molecule has 0 amide bonds. The van der Waals surface area contributed by atoms with Crippen LogP contribution in [-0.2, 0) is 4.74 Å². The summed E-state index contributed by atoms with van der Waals surface area (Å²) in [6, 6.07) is 2.00. The number of carbonyl (C=O) groups excluding carboxylic acids is 1. The zero-order chi connectivity index (χ0) is 10.7. The van der Waals surface area contributed by atoms with Gasteiger partial charge in [-0.3, -0.25) is 4.79 Å². The van der Waals surface area contributed by atoms with Crippen molar-refractivity contribution in [3.05, 3.63) is 16.6 Å². The summed E-state index contributed by atoms with van der Waals surface area (Å²) in [5.74, 6) is 0.156. The van der Waals surface area contributed by atoms with Crippen LogP contribution in [0.25, 0.3) is 0 Å². The van der Waals surface area contributed by atoms with Gasteiger partial charge >= 0.3 is 0 Å². The number of morpholine rings is 1. The molecule has 82 valence electrons. The van der Waals surface area contributed by atoms with E-state index < -0.39 is 0 Å². The predicted molar refractivity (Wildman–Crippen MR) is 58.4 cm³/mol. The average molecular weight is 226 g/mol. The lowest BCUT2D eigenvalue weighted by atomic mass is 10.1. The first kappa shape index (κ1) is 10.7. The number of carbonyl (C=O) groups is 1. The molecule has 0 aliphatic carbocycles. The van der Waals surface area contributed by atoms with Crippen molar-refractivity contribution in [2.24, 2.45) is 0 Å². The molecule has 0 aromatic carbocycles. The maximum absolute atomic E-state index is 11.8. The van der Waals surface area contributed by atoms with E-state index in [9.17, 15) is 4.79 Å². The van der Waals surface area contributed by atoms with Crippen LogP contribution in [0.4, 0.5) is 0 Å². The second kappa shape index (κ2) is 4.83. The van der Waals surface area contributed by atoms with Crippen LogP contribution in [0.3, 0.4) is 0 Å². The number of nitrogens with zero attached hydrogens (tertiary/aromatic N) is 1. The lowest BCUT2D eigenvalue weighted by molar-refractivity contribution is 0.0677. The number of hydrogen-bond donors (Lipinski definition) is 1. The Morgan fingerprint density at radius 3 is 3.27 bits per heavy atom. The Morgan fingerprint density at radius 1 is 1.80 bits per heavy atom. The molecule has 5 heteroatoms. The van der Waals surface area contributed by atoms with Gasteiger partial charge in [0.2, 0.25) is 0 Å². The van der Waals surface area contributed by atoms with Crippen molar-refractivity contribution in [1.82, 2.24) is 9.69 Å². The van der Waals surface area contributed by atoms with Gasteiger partial charge in [0.25, 0.3) is 0 Å². The van der Waals surface area contributed by atoms with E-state index in [4.69, 9.17) is 4.74 Å². The molecule has 2 heterocycles. The topological polar surface area (TPSA) is 51.2 Å². The van der Waals surface area contributed by atoms with E-state index >= 15 is 0 Å². The van der Waals surface area contributed by atoms with E-state index in [1.165, 1.54) is 11.5 Å². The van der Waals surface area contributed by atoms with E-state index in [1.807, 2.05) is 13.0 Å². The van der Waals surface area contributed by atoms with Crippen LogP contribution in [0.15, 0.2) is 6.07 Å². The quantitative estimate of drug-likeness (QED) is 0.782. The largest absolute Gasteiger partial charge is 0.378 e. The molecule has 15 heavy (non-hydrogen) atoms.